The van der Waals surface area contributed by atoms with Gasteiger partial charge >= 0.3 is 5.97 Å². The Morgan fingerprint density at radius 2 is 2.15 bits per heavy atom. The number of ether oxygens (including phenoxy) is 1. The van der Waals surface area contributed by atoms with Crippen molar-refractivity contribution in [1.29, 1.82) is 0 Å². The van der Waals surface area contributed by atoms with Crippen LogP contribution in [0.25, 0.3) is 0 Å². The van der Waals surface area contributed by atoms with Gasteiger partial charge in [0.2, 0.25) is 10.0 Å². The Labute approximate surface area is 115 Å². The SMILES string of the molecule is COc1ccc(S(=O)(=O)NCCC(O)C(=O)O)cc1F. The molecule has 0 bridgehead atoms. The molecule has 0 saturated heterocycles. The Balaban J connectivity index is 2.74. The lowest BCUT2D eigenvalue weighted by Gasteiger charge is -2.09. The van der Waals surface area contributed by atoms with Crippen LogP contribution in [0, 0.1) is 5.82 Å². The van der Waals surface area contributed by atoms with E-state index in [1.165, 1.54) is 7.11 Å². The molecule has 7 nitrogen and oxygen atoms in total. The smallest absolute Gasteiger partial charge is 0.332 e. The summed E-state index contributed by atoms with van der Waals surface area (Å²) in [5.41, 5.74) is 0. The number of aliphatic hydroxyl groups excluding tert-OH is 1. The Hall–Kier alpha value is -1.71. The van der Waals surface area contributed by atoms with Gasteiger partial charge in [-0.1, -0.05) is 0 Å². The van der Waals surface area contributed by atoms with Crippen molar-refractivity contribution in [1.82, 2.24) is 4.72 Å². The van der Waals surface area contributed by atoms with Gasteiger partial charge in [-0.2, -0.15) is 0 Å². The van der Waals surface area contributed by atoms with Gasteiger partial charge in [0, 0.05) is 6.54 Å². The van der Waals surface area contributed by atoms with Gasteiger partial charge < -0.3 is 14.9 Å². The van der Waals surface area contributed by atoms with Crippen LogP contribution in [0.15, 0.2) is 23.1 Å². The summed E-state index contributed by atoms with van der Waals surface area (Å²) >= 11 is 0. The van der Waals surface area contributed by atoms with E-state index in [-0.39, 0.29) is 23.6 Å². The van der Waals surface area contributed by atoms with Crippen LogP contribution in [0.5, 0.6) is 5.75 Å². The summed E-state index contributed by atoms with van der Waals surface area (Å²) < 4.78 is 43.7. The van der Waals surface area contributed by atoms with E-state index in [4.69, 9.17) is 10.2 Å². The van der Waals surface area contributed by atoms with E-state index in [0.717, 1.165) is 18.2 Å². The predicted octanol–water partition coefficient (Wildman–Crippen LogP) is -0.0518. The van der Waals surface area contributed by atoms with Crippen LogP contribution in [0.4, 0.5) is 4.39 Å². The summed E-state index contributed by atoms with van der Waals surface area (Å²) in [5, 5.41) is 17.4. The van der Waals surface area contributed by atoms with Crippen molar-refractivity contribution in [2.45, 2.75) is 17.4 Å². The fraction of sp³-hybridized carbons (Fsp3) is 0.364. The first-order valence-electron chi connectivity index (χ1n) is 5.52. The molecule has 3 N–H and O–H groups in total. The van der Waals surface area contributed by atoms with Gasteiger partial charge in [-0.25, -0.2) is 22.3 Å². The van der Waals surface area contributed by atoms with Crippen LogP contribution in [0.2, 0.25) is 0 Å². The third-order valence-corrected chi connectivity index (χ3v) is 3.89. The highest BCUT2D eigenvalue weighted by atomic mass is 32.2. The summed E-state index contributed by atoms with van der Waals surface area (Å²) in [7, 11) is -2.73. The molecule has 0 saturated carbocycles. The van der Waals surface area contributed by atoms with Crippen molar-refractivity contribution < 1.29 is 32.6 Å². The predicted molar refractivity (Wildman–Crippen MR) is 66.4 cm³/mol. The molecule has 112 valence electrons. The van der Waals surface area contributed by atoms with E-state index < -0.39 is 27.9 Å². The van der Waals surface area contributed by atoms with Crippen molar-refractivity contribution in [3.63, 3.8) is 0 Å². The van der Waals surface area contributed by atoms with Gasteiger partial charge in [0.15, 0.2) is 17.7 Å². The molecule has 0 amide bonds. The van der Waals surface area contributed by atoms with Crippen LogP contribution in [0.1, 0.15) is 6.42 Å². The zero-order valence-corrected chi connectivity index (χ0v) is 11.4. The van der Waals surface area contributed by atoms with Crippen molar-refractivity contribution in [3.8, 4) is 5.75 Å². The number of carboxylic acid groups (broad SMARTS) is 1. The number of methoxy groups -OCH3 is 1. The number of hydrogen-bond donors (Lipinski definition) is 3. The number of carboxylic acids is 1. The Morgan fingerprint density at radius 3 is 2.65 bits per heavy atom. The second-order valence-corrected chi connectivity index (χ2v) is 5.60. The van der Waals surface area contributed by atoms with Crippen LogP contribution < -0.4 is 9.46 Å². The van der Waals surface area contributed by atoms with E-state index in [0.29, 0.717) is 0 Å². The summed E-state index contributed by atoms with van der Waals surface area (Å²) in [5.74, 6) is -2.37. The maximum Gasteiger partial charge on any atom is 0.332 e. The molecule has 1 rings (SSSR count). The largest absolute Gasteiger partial charge is 0.494 e. The van der Waals surface area contributed by atoms with Crippen molar-refractivity contribution in [2.75, 3.05) is 13.7 Å². The highest BCUT2D eigenvalue weighted by molar-refractivity contribution is 7.89. The molecule has 9 heteroatoms. The van der Waals surface area contributed by atoms with Gasteiger partial charge in [-0.05, 0) is 24.6 Å². The number of halogens is 1. The lowest BCUT2D eigenvalue weighted by Crippen LogP contribution is -2.30. The monoisotopic (exact) mass is 307 g/mol. The average molecular weight is 307 g/mol. The molecule has 0 spiro atoms. The fourth-order valence-electron chi connectivity index (χ4n) is 1.35. The first kappa shape index (κ1) is 16.3. The number of rotatable bonds is 7. The molecule has 0 radical (unpaired) electrons. The second-order valence-electron chi connectivity index (χ2n) is 3.84. The maximum atomic E-state index is 13.4. The highest BCUT2D eigenvalue weighted by Crippen LogP contribution is 2.20. The molecule has 20 heavy (non-hydrogen) atoms. The molecule has 0 heterocycles. The molecule has 0 fully saturated rings. The van der Waals surface area contributed by atoms with Gasteiger partial charge in [0.05, 0.1) is 12.0 Å². The average Bonchev–Trinajstić information content (AvgIpc) is 2.38. The minimum absolute atomic E-state index is 0.0924. The van der Waals surface area contributed by atoms with Crippen LogP contribution in [0.3, 0.4) is 0 Å². The van der Waals surface area contributed by atoms with E-state index >= 15 is 0 Å². The number of sulfonamides is 1. The third-order valence-electron chi connectivity index (χ3n) is 2.43. The normalized spacial score (nSPS) is 12.9. The second kappa shape index (κ2) is 6.64. The fourth-order valence-corrected chi connectivity index (χ4v) is 2.41. The van der Waals surface area contributed by atoms with Crippen LogP contribution in [-0.2, 0) is 14.8 Å². The van der Waals surface area contributed by atoms with Gasteiger partial charge in [-0.3, -0.25) is 0 Å². The van der Waals surface area contributed by atoms with Crippen molar-refractivity contribution in [2.24, 2.45) is 0 Å². The van der Waals surface area contributed by atoms with Gasteiger partial charge in [0.1, 0.15) is 0 Å². The van der Waals surface area contributed by atoms with E-state index in [2.05, 4.69) is 9.46 Å². The zero-order valence-electron chi connectivity index (χ0n) is 10.5. The Bertz CT molecular complexity index is 589. The number of aliphatic carboxylic acids is 1. The zero-order chi connectivity index (χ0) is 15.3. The quantitative estimate of drug-likeness (QED) is 0.651. The molecule has 0 aliphatic rings. The number of carbonyl (C=O) groups is 1. The van der Waals surface area contributed by atoms with Gasteiger partial charge in [-0.15, -0.1) is 0 Å². The number of nitrogens with one attached hydrogen (secondary N) is 1. The molecule has 0 aliphatic heterocycles. The van der Waals surface area contributed by atoms with Crippen LogP contribution in [-0.4, -0.2) is 44.4 Å². The molecule has 1 aromatic rings. The van der Waals surface area contributed by atoms with Crippen molar-refractivity contribution >= 4 is 16.0 Å². The molecular weight excluding hydrogens is 293 g/mol. The summed E-state index contributed by atoms with van der Waals surface area (Å²) in [4.78, 5) is 10.0. The van der Waals surface area contributed by atoms with E-state index in [1.54, 1.807) is 0 Å². The minimum Gasteiger partial charge on any atom is -0.494 e. The molecule has 0 aromatic heterocycles. The minimum atomic E-state index is -3.98. The highest BCUT2D eigenvalue weighted by Gasteiger charge is 2.18. The lowest BCUT2D eigenvalue weighted by atomic mass is 10.3. The molecule has 1 aromatic carbocycles. The van der Waals surface area contributed by atoms with E-state index in [9.17, 15) is 17.6 Å². The molecule has 0 aliphatic carbocycles. The molecular formula is C11H14FNO6S. The number of aliphatic hydroxyl groups is 1. The maximum absolute atomic E-state index is 13.4. The third kappa shape index (κ3) is 4.15. The first-order valence-corrected chi connectivity index (χ1v) is 7.00. The Kier molecular flexibility index (Phi) is 5.43. The molecule has 1 atom stereocenters. The van der Waals surface area contributed by atoms with Gasteiger partial charge in [0.25, 0.3) is 0 Å². The summed E-state index contributed by atoms with van der Waals surface area (Å²) in [6.45, 7) is -0.288. The topological polar surface area (TPSA) is 113 Å². The van der Waals surface area contributed by atoms with Crippen LogP contribution >= 0.6 is 0 Å². The number of benzene rings is 1. The Morgan fingerprint density at radius 1 is 1.50 bits per heavy atom. The summed E-state index contributed by atoms with van der Waals surface area (Å²) in [6.07, 6.45) is -1.96. The first-order chi connectivity index (χ1) is 9.27. The molecule has 1 unspecified atom stereocenters. The standard InChI is InChI=1S/C11H14FNO6S/c1-19-10-3-2-7(6-8(10)12)20(17,18)13-5-4-9(14)11(15)16/h2-3,6,9,13-14H,4-5H2,1H3,(H,15,16). The summed E-state index contributed by atoms with van der Waals surface area (Å²) in [6, 6.07) is 3.10. The van der Waals surface area contributed by atoms with E-state index in [1.807, 2.05) is 0 Å². The van der Waals surface area contributed by atoms with Crippen molar-refractivity contribution in [3.05, 3.63) is 24.0 Å². The lowest BCUT2D eigenvalue weighted by molar-refractivity contribution is -0.146. The number of hydrogen-bond acceptors (Lipinski definition) is 5.